The molecule has 2 aromatic carbocycles. The van der Waals surface area contributed by atoms with E-state index < -0.39 is 0 Å². The van der Waals surface area contributed by atoms with Crippen molar-refractivity contribution in [2.24, 2.45) is 5.16 Å². The zero-order valence-corrected chi connectivity index (χ0v) is 16.4. The molecular formula is C23H23N3O3. The highest BCUT2D eigenvalue weighted by molar-refractivity contribution is 6.30. The smallest absolute Gasteiger partial charge is 0.220 e. The molecule has 0 saturated carbocycles. The van der Waals surface area contributed by atoms with Gasteiger partial charge in [0.05, 0.1) is 18.2 Å². The van der Waals surface area contributed by atoms with Crippen LogP contribution < -0.4 is 4.74 Å². The number of nitrogens with zero attached hydrogens (tertiary/aromatic N) is 3. The zero-order chi connectivity index (χ0) is 19.8. The fourth-order valence-electron chi connectivity index (χ4n) is 4.28. The van der Waals surface area contributed by atoms with Crippen molar-refractivity contribution in [1.82, 2.24) is 9.88 Å². The Balaban J connectivity index is 1.59. The van der Waals surface area contributed by atoms with Crippen LogP contribution in [0.15, 0.2) is 47.6 Å². The van der Waals surface area contributed by atoms with E-state index in [0.717, 1.165) is 53.0 Å². The average Bonchev–Trinajstić information content (AvgIpc) is 3.37. The van der Waals surface area contributed by atoms with Gasteiger partial charge in [-0.25, -0.2) is 4.98 Å². The molecule has 0 bridgehead atoms. The maximum absolute atomic E-state index is 10.7. The van der Waals surface area contributed by atoms with Crippen LogP contribution in [0.4, 0.5) is 0 Å². The monoisotopic (exact) mass is 389 g/mol. The fourth-order valence-corrected chi connectivity index (χ4v) is 4.28. The minimum Gasteiger partial charge on any atom is -0.497 e. The number of aromatic hydroxyl groups is 1. The second-order valence-electron chi connectivity index (χ2n) is 7.44. The van der Waals surface area contributed by atoms with Crippen molar-refractivity contribution >= 4 is 16.6 Å². The molecule has 1 saturated heterocycles. The van der Waals surface area contributed by atoms with Crippen molar-refractivity contribution < 1.29 is 14.7 Å². The molecule has 1 N–H and O–H groups in total. The van der Waals surface area contributed by atoms with Crippen LogP contribution in [0.1, 0.15) is 24.0 Å². The third kappa shape index (κ3) is 3.09. The SMILES string of the molecule is COc1ccc2c(c1)C(=NOCCN1CCCC1)c1c-2c(O)nc2ccccc12. The van der Waals surface area contributed by atoms with E-state index in [-0.39, 0.29) is 5.88 Å². The zero-order valence-electron chi connectivity index (χ0n) is 16.4. The van der Waals surface area contributed by atoms with E-state index in [1.54, 1.807) is 7.11 Å². The van der Waals surface area contributed by atoms with Crippen LogP contribution in [-0.4, -0.2) is 54.1 Å². The summed E-state index contributed by atoms with van der Waals surface area (Å²) in [5, 5.41) is 16.2. The average molecular weight is 389 g/mol. The number of pyridine rings is 1. The number of likely N-dealkylation sites (tertiary alicyclic amines) is 1. The molecule has 2 heterocycles. The first-order chi connectivity index (χ1) is 14.3. The lowest BCUT2D eigenvalue weighted by Crippen LogP contribution is -2.23. The number of aromatic nitrogens is 1. The molecule has 29 heavy (non-hydrogen) atoms. The van der Waals surface area contributed by atoms with Gasteiger partial charge in [-0.3, -0.25) is 4.90 Å². The molecule has 6 nitrogen and oxygen atoms in total. The number of methoxy groups -OCH3 is 1. The lowest BCUT2D eigenvalue weighted by atomic mass is 10.0. The van der Waals surface area contributed by atoms with Gasteiger partial charge in [0.2, 0.25) is 5.88 Å². The van der Waals surface area contributed by atoms with E-state index in [1.807, 2.05) is 42.5 Å². The van der Waals surface area contributed by atoms with E-state index in [2.05, 4.69) is 15.0 Å². The summed E-state index contributed by atoms with van der Waals surface area (Å²) < 4.78 is 5.42. The van der Waals surface area contributed by atoms with Crippen molar-refractivity contribution in [3.05, 3.63) is 53.6 Å². The molecule has 2 aliphatic rings. The van der Waals surface area contributed by atoms with Gasteiger partial charge in [-0.2, -0.15) is 0 Å². The van der Waals surface area contributed by atoms with Gasteiger partial charge in [0.25, 0.3) is 0 Å². The Labute approximate surface area is 169 Å². The molecule has 1 fully saturated rings. The van der Waals surface area contributed by atoms with Gasteiger partial charge in [0.1, 0.15) is 18.1 Å². The first kappa shape index (κ1) is 17.9. The summed E-state index contributed by atoms with van der Waals surface area (Å²) in [7, 11) is 1.64. The molecule has 0 spiro atoms. The Bertz CT molecular complexity index is 1100. The number of ether oxygens (including phenoxy) is 1. The summed E-state index contributed by atoms with van der Waals surface area (Å²) in [6, 6.07) is 13.5. The van der Waals surface area contributed by atoms with E-state index in [0.29, 0.717) is 17.9 Å². The lowest BCUT2D eigenvalue weighted by molar-refractivity contribution is 0.119. The van der Waals surface area contributed by atoms with E-state index in [4.69, 9.17) is 9.57 Å². The second-order valence-corrected chi connectivity index (χ2v) is 7.44. The molecular weight excluding hydrogens is 366 g/mol. The number of benzene rings is 2. The van der Waals surface area contributed by atoms with Gasteiger partial charge in [-0.1, -0.05) is 23.4 Å². The first-order valence-electron chi connectivity index (χ1n) is 9.99. The summed E-state index contributed by atoms with van der Waals surface area (Å²) in [6.07, 6.45) is 2.51. The predicted molar refractivity (Wildman–Crippen MR) is 113 cm³/mol. The van der Waals surface area contributed by atoms with Gasteiger partial charge >= 0.3 is 0 Å². The quantitative estimate of drug-likeness (QED) is 0.415. The standard InChI is InChI=1S/C23H23N3O3/c1-28-15-8-9-16-18(14-15)22(25-29-13-12-26-10-4-5-11-26)20-17-6-2-3-7-19(17)24-23(27)21(16)20/h2-3,6-9,14H,4-5,10-13H2,1H3,(H,24,27). The minimum absolute atomic E-state index is 0.00684. The maximum atomic E-state index is 10.7. The van der Waals surface area contributed by atoms with Crippen LogP contribution in [0, 0.1) is 0 Å². The van der Waals surface area contributed by atoms with Crippen LogP contribution in [0.2, 0.25) is 0 Å². The minimum atomic E-state index is 0.00684. The Hall–Kier alpha value is -3.12. The number of fused-ring (bicyclic) bond motifs is 5. The Morgan fingerprint density at radius 3 is 2.72 bits per heavy atom. The summed E-state index contributed by atoms with van der Waals surface area (Å²) in [4.78, 5) is 12.5. The van der Waals surface area contributed by atoms with Crippen LogP contribution in [0.25, 0.3) is 22.0 Å². The molecule has 0 amide bonds. The molecule has 0 radical (unpaired) electrons. The Morgan fingerprint density at radius 1 is 1.07 bits per heavy atom. The molecule has 1 aliphatic carbocycles. The second kappa shape index (κ2) is 7.37. The maximum Gasteiger partial charge on any atom is 0.220 e. The third-order valence-corrected chi connectivity index (χ3v) is 5.71. The predicted octanol–water partition coefficient (Wildman–Crippen LogP) is 3.79. The van der Waals surface area contributed by atoms with Crippen LogP contribution in [0.5, 0.6) is 11.6 Å². The Kier molecular flexibility index (Phi) is 4.56. The molecule has 1 aliphatic heterocycles. The number of hydrogen-bond acceptors (Lipinski definition) is 6. The number of hydrogen-bond donors (Lipinski definition) is 1. The number of oxime groups is 1. The van der Waals surface area contributed by atoms with E-state index >= 15 is 0 Å². The summed E-state index contributed by atoms with van der Waals surface area (Å²) in [5.74, 6) is 0.741. The van der Waals surface area contributed by atoms with Crippen molar-refractivity contribution in [3.8, 4) is 22.8 Å². The van der Waals surface area contributed by atoms with E-state index in [9.17, 15) is 5.11 Å². The van der Waals surface area contributed by atoms with Crippen LogP contribution in [-0.2, 0) is 4.84 Å². The highest BCUT2D eigenvalue weighted by atomic mass is 16.6. The highest BCUT2D eigenvalue weighted by Crippen LogP contribution is 2.45. The number of para-hydroxylation sites is 1. The molecule has 0 atom stereocenters. The third-order valence-electron chi connectivity index (χ3n) is 5.71. The molecule has 3 aromatic rings. The first-order valence-corrected chi connectivity index (χ1v) is 9.99. The summed E-state index contributed by atoms with van der Waals surface area (Å²) in [5.41, 5.74) is 4.77. The van der Waals surface area contributed by atoms with Crippen molar-refractivity contribution in [1.29, 1.82) is 0 Å². The van der Waals surface area contributed by atoms with Crippen molar-refractivity contribution in [2.45, 2.75) is 12.8 Å². The van der Waals surface area contributed by atoms with Crippen molar-refractivity contribution in [2.75, 3.05) is 33.4 Å². The van der Waals surface area contributed by atoms with Gasteiger partial charge in [-0.15, -0.1) is 0 Å². The molecule has 148 valence electrons. The normalized spacial score (nSPS) is 16.9. The van der Waals surface area contributed by atoms with Crippen LogP contribution >= 0.6 is 0 Å². The largest absolute Gasteiger partial charge is 0.497 e. The molecule has 1 aromatic heterocycles. The topological polar surface area (TPSA) is 67.2 Å². The van der Waals surface area contributed by atoms with Gasteiger partial charge < -0.3 is 14.7 Å². The van der Waals surface area contributed by atoms with Gasteiger partial charge in [0, 0.05) is 23.1 Å². The van der Waals surface area contributed by atoms with E-state index in [1.165, 1.54) is 12.8 Å². The van der Waals surface area contributed by atoms with Gasteiger partial charge in [-0.05, 0) is 55.8 Å². The Morgan fingerprint density at radius 2 is 1.90 bits per heavy atom. The molecule has 0 unspecified atom stereocenters. The van der Waals surface area contributed by atoms with Crippen molar-refractivity contribution in [3.63, 3.8) is 0 Å². The van der Waals surface area contributed by atoms with Crippen LogP contribution in [0.3, 0.4) is 0 Å². The molecule has 5 rings (SSSR count). The summed E-state index contributed by atoms with van der Waals surface area (Å²) in [6.45, 7) is 3.67. The fraction of sp³-hybridized carbons (Fsp3) is 0.304. The highest BCUT2D eigenvalue weighted by Gasteiger charge is 2.32. The van der Waals surface area contributed by atoms with Gasteiger partial charge in [0.15, 0.2) is 0 Å². The number of rotatable bonds is 5. The lowest BCUT2D eigenvalue weighted by Gasteiger charge is -2.13. The molecule has 6 heteroatoms. The summed E-state index contributed by atoms with van der Waals surface area (Å²) >= 11 is 0.